The van der Waals surface area contributed by atoms with Crippen LogP contribution in [-0.4, -0.2) is 28.2 Å². The maximum atomic E-state index is 12.3. The number of rotatable bonds is 5. The number of hydrogen-bond donors (Lipinski definition) is 3. The monoisotopic (exact) mass is 399 g/mol. The number of carbonyl (C=O) groups excluding carboxylic acids is 2. The van der Waals surface area contributed by atoms with E-state index in [4.69, 9.17) is 5.73 Å². The van der Waals surface area contributed by atoms with Gasteiger partial charge in [0, 0.05) is 35.0 Å². The van der Waals surface area contributed by atoms with Gasteiger partial charge < -0.3 is 16.4 Å². The van der Waals surface area contributed by atoms with Crippen molar-refractivity contribution >= 4 is 45.5 Å². The molecule has 4 rings (SSSR count). The van der Waals surface area contributed by atoms with Gasteiger partial charge in [0.2, 0.25) is 11.9 Å². The van der Waals surface area contributed by atoms with Crippen molar-refractivity contribution in [1.82, 2.24) is 9.97 Å². The molecule has 0 radical (unpaired) electrons. The van der Waals surface area contributed by atoms with Gasteiger partial charge in [-0.25, -0.2) is 9.97 Å². The molecule has 2 aromatic carbocycles. The predicted octanol–water partition coefficient (Wildman–Crippen LogP) is 3.57. The molecule has 0 saturated carbocycles. The average molecular weight is 399 g/mol. The van der Waals surface area contributed by atoms with Crippen molar-refractivity contribution in [3.8, 4) is 0 Å². The Balaban J connectivity index is 1.59. The highest BCUT2D eigenvalue weighted by Crippen LogP contribution is 2.28. The topological polar surface area (TPSA) is 110 Å². The highest BCUT2D eigenvalue weighted by molar-refractivity contribution is 6.23. The van der Waals surface area contributed by atoms with Crippen LogP contribution in [0.1, 0.15) is 18.9 Å². The molecular formula is C23H21N5O2. The molecule has 150 valence electrons. The van der Waals surface area contributed by atoms with Gasteiger partial charge >= 0.3 is 0 Å². The van der Waals surface area contributed by atoms with E-state index in [9.17, 15) is 9.59 Å². The predicted molar refractivity (Wildman–Crippen MR) is 118 cm³/mol. The molecule has 7 nitrogen and oxygen atoms in total. The minimum atomic E-state index is -0.262. The van der Waals surface area contributed by atoms with Crippen molar-refractivity contribution in [2.24, 2.45) is 5.73 Å². The Kier molecular flexibility index (Phi) is 5.36. The largest absolute Gasteiger partial charge is 0.325 e. The molecule has 0 spiro atoms. The van der Waals surface area contributed by atoms with Crippen LogP contribution in [0.25, 0.3) is 16.5 Å². The minimum absolute atomic E-state index is 0.0776. The van der Waals surface area contributed by atoms with Gasteiger partial charge in [0.25, 0.3) is 0 Å². The molecule has 3 aromatic rings. The Morgan fingerprint density at radius 2 is 2.00 bits per heavy atom. The molecule has 0 bridgehead atoms. The SMILES string of the molecule is CC1=C(c2ccc3nc(Nc4cccc(NC(=O)CN)c4)ncc3c2)C(=O)CC=C1. The molecule has 7 heteroatoms. The second kappa shape index (κ2) is 8.26. The van der Waals surface area contributed by atoms with Crippen LogP contribution >= 0.6 is 0 Å². The van der Waals surface area contributed by atoms with E-state index in [0.717, 1.165) is 33.3 Å². The van der Waals surface area contributed by atoms with Gasteiger partial charge in [0.15, 0.2) is 5.78 Å². The summed E-state index contributed by atoms with van der Waals surface area (Å²) in [5.74, 6) is 0.294. The number of nitrogens with one attached hydrogen (secondary N) is 2. The zero-order valence-corrected chi connectivity index (χ0v) is 16.5. The van der Waals surface area contributed by atoms with Gasteiger partial charge in [0.1, 0.15) is 0 Å². The minimum Gasteiger partial charge on any atom is -0.325 e. The van der Waals surface area contributed by atoms with E-state index < -0.39 is 0 Å². The number of benzene rings is 2. The van der Waals surface area contributed by atoms with Gasteiger partial charge in [-0.3, -0.25) is 9.59 Å². The van der Waals surface area contributed by atoms with E-state index in [1.807, 2.05) is 49.4 Å². The fraction of sp³-hybridized carbons (Fsp3) is 0.130. The van der Waals surface area contributed by atoms with Crippen LogP contribution < -0.4 is 16.4 Å². The van der Waals surface area contributed by atoms with E-state index in [-0.39, 0.29) is 18.2 Å². The number of carbonyl (C=O) groups is 2. The van der Waals surface area contributed by atoms with Gasteiger partial charge in [-0.2, -0.15) is 0 Å². The number of Topliss-reactive ketones (excluding diaryl/α,β-unsaturated/α-hetero) is 1. The summed E-state index contributed by atoms with van der Waals surface area (Å²) in [6, 6.07) is 13.0. The van der Waals surface area contributed by atoms with Crippen LogP contribution in [0.4, 0.5) is 17.3 Å². The van der Waals surface area contributed by atoms with Crippen molar-refractivity contribution in [3.63, 3.8) is 0 Å². The zero-order chi connectivity index (χ0) is 21.1. The molecule has 0 aliphatic heterocycles. The van der Waals surface area contributed by atoms with Crippen LogP contribution in [0.2, 0.25) is 0 Å². The summed E-state index contributed by atoms with van der Waals surface area (Å²) >= 11 is 0. The van der Waals surface area contributed by atoms with E-state index >= 15 is 0 Å². The second-order valence-corrected chi connectivity index (χ2v) is 7.01. The zero-order valence-electron chi connectivity index (χ0n) is 16.5. The molecule has 1 aromatic heterocycles. The highest BCUT2D eigenvalue weighted by Gasteiger charge is 2.17. The molecule has 0 unspecified atom stereocenters. The lowest BCUT2D eigenvalue weighted by molar-refractivity contribution is -0.115. The summed E-state index contributed by atoms with van der Waals surface area (Å²) < 4.78 is 0. The number of aromatic nitrogens is 2. The summed E-state index contributed by atoms with van der Waals surface area (Å²) in [5, 5.41) is 6.70. The molecule has 4 N–H and O–H groups in total. The molecule has 0 fully saturated rings. The summed E-state index contributed by atoms with van der Waals surface area (Å²) in [5.41, 5.74) is 10.1. The van der Waals surface area contributed by atoms with Crippen LogP contribution in [0.3, 0.4) is 0 Å². The quantitative estimate of drug-likeness (QED) is 0.605. The molecule has 1 aliphatic carbocycles. The number of nitrogens with two attached hydrogens (primary N) is 1. The van der Waals surface area contributed by atoms with E-state index in [1.165, 1.54) is 0 Å². The van der Waals surface area contributed by atoms with Crippen molar-refractivity contribution in [1.29, 1.82) is 0 Å². The summed E-state index contributed by atoms with van der Waals surface area (Å²) in [6.45, 7) is 1.87. The Labute approximate surface area is 173 Å². The number of fused-ring (bicyclic) bond motifs is 1. The third-order valence-corrected chi connectivity index (χ3v) is 4.80. The van der Waals surface area contributed by atoms with Crippen molar-refractivity contribution in [2.45, 2.75) is 13.3 Å². The first-order valence-corrected chi connectivity index (χ1v) is 9.58. The number of amides is 1. The average Bonchev–Trinajstić information content (AvgIpc) is 2.74. The van der Waals surface area contributed by atoms with E-state index in [1.54, 1.807) is 18.3 Å². The third-order valence-electron chi connectivity index (χ3n) is 4.80. The fourth-order valence-electron chi connectivity index (χ4n) is 3.40. The molecule has 1 heterocycles. The van der Waals surface area contributed by atoms with Gasteiger partial charge in [-0.15, -0.1) is 0 Å². The molecular weight excluding hydrogens is 378 g/mol. The Morgan fingerprint density at radius 3 is 2.80 bits per heavy atom. The van der Waals surface area contributed by atoms with Crippen molar-refractivity contribution in [2.75, 3.05) is 17.2 Å². The third kappa shape index (κ3) is 4.11. The van der Waals surface area contributed by atoms with Crippen LogP contribution in [0, 0.1) is 0 Å². The lowest BCUT2D eigenvalue weighted by atomic mass is 9.91. The lowest BCUT2D eigenvalue weighted by Gasteiger charge is -2.13. The first-order chi connectivity index (χ1) is 14.5. The highest BCUT2D eigenvalue weighted by atomic mass is 16.1. The number of anilines is 3. The maximum Gasteiger partial charge on any atom is 0.238 e. The Morgan fingerprint density at radius 1 is 1.17 bits per heavy atom. The van der Waals surface area contributed by atoms with E-state index in [0.29, 0.717) is 18.1 Å². The van der Waals surface area contributed by atoms with Gasteiger partial charge in [-0.05, 0) is 48.4 Å². The second-order valence-electron chi connectivity index (χ2n) is 7.01. The maximum absolute atomic E-state index is 12.3. The van der Waals surface area contributed by atoms with Crippen molar-refractivity contribution in [3.05, 3.63) is 72.0 Å². The first-order valence-electron chi connectivity index (χ1n) is 9.58. The number of nitrogens with zero attached hydrogens (tertiary/aromatic N) is 2. The van der Waals surface area contributed by atoms with Gasteiger partial charge in [-0.1, -0.05) is 24.3 Å². The van der Waals surface area contributed by atoms with Gasteiger partial charge in [0.05, 0.1) is 12.1 Å². The van der Waals surface area contributed by atoms with Crippen LogP contribution in [0.5, 0.6) is 0 Å². The molecule has 1 amide bonds. The summed E-state index contributed by atoms with van der Waals surface area (Å²) in [6.07, 6.45) is 6.02. The van der Waals surface area contributed by atoms with E-state index in [2.05, 4.69) is 20.6 Å². The number of allylic oxidation sites excluding steroid dienone is 4. The Bertz CT molecular complexity index is 1210. The summed E-state index contributed by atoms with van der Waals surface area (Å²) in [7, 11) is 0. The standard InChI is InChI=1S/C23H21N5O2/c1-14-4-2-7-20(29)22(14)15-8-9-19-16(10-15)13-25-23(28-19)27-18-6-3-5-17(11-18)26-21(30)12-24/h2-6,8-11,13H,7,12,24H2,1H3,(H,26,30)(H,25,27,28). The normalized spacial score (nSPS) is 13.6. The summed E-state index contributed by atoms with van der Waals surface area (Å²) in [4.78, 5) is 32.7. The molecule has 0 saturated heterocycles. The molecule has 30 heavy (non-hydrogen) atoms. The molecule has 1 aliphatic rings. The molecule has 0 atom stereocenters. The smallest absolute Gasteiger partial charge is 0.238 e. The van der Waals surface area contributed by atoms with Crippen LogP contribution in [-0.2, 0) is 9.59 Å². The fourth-order valence-corrected chi connectivity index (χ4v) is 3.40. The number of ketones is 1. The first kappa shape index (κ1) is 19.5. The van der Waals surface area contributed by atoms with Crippen LogP contribution in [0.15, 0.2) is 66.4 Å². The Hall–Kier alpha value is -3.84. The van der Waals surface area contributed by atoms with Crippen molar-refractivity contribution < 1.29 is 9.59 Å². The number of hydrogen-bond acceptors (Lipinski definition) is 6. The lowest BCUT2D eigenvalue weighted by Crippen LogP contribution is -2.21.